The van der Waals surface area contributed by atoms with Crippen LogP contribution in [0.3, 0.4) is 0 Å². The Balaban J connectivity index is 1.42. The molecule has 0 saturated carbocycles. The molecular weight excluding hydrogens is 649 g/mol. The van der Waals surface area contributed by atoms with Crippen LogP contribution in [0.5, 0.6) is 0 Å². The second-order valence-electron chi connectivity index (χ2n) is 11.2. The van der Waals surface area contributed by atoms with Crippen molar-refractivity contribution in [2.24, 2.45) is 5.92 Å². The third-order valence-corrected chi connectivity index (χ3v) is 12.1. The monoisotopic (exact) mass is 683 g/mol. The molecule has 2 aliphatic carbocycles. The minimum absolute atomic E-state index is 0.101. The molecule has 12 heteroatoms. The molecule has 236 valence electrons. The Morgan fingerprint density at radius 2 is 1.76 bits per heavy atom. The van der Waals surface area contributed by atoms with Gasteiger partial charge in [0.1, 0.15) is 4.70 Å². The summed E-state index contributed by atoms with van der Waals surface area (Å²) in [6.45, 7) is 2.97. The Labute approximate surface area is 272 Å². The van der Waals surface area contributed by atoms with E-state index in [-0.39, 0.29) is 35.5 Å². The highest BCUT2D eigenvalue weighted by Gasteiger charge is 2.37. The van der Waals surface area contributed by atoms with Crippen LogP contribution in [-0.2, 0) is 26.8 Å². The predicted molar refractivity (Wildman–Crippen MR) is 184 cm³/mol. The Hall–Kier alpha value is -3.00. The first-order chi connectivity index (χ1) is 21.5. The topological polar surface area (TPSA) is 116 Å². The lowest BCUT2D eigenvalue weighted by Crippen LogP contribution is -2.36. The number of fused-ring (bicyclic) bond motifs is 5. The number of thiazole rings is 1. The fourth-order valence-corrected chi connectivity index (χ4v) is 9.60. The van der Waals surface area contributed by atoms with Crippen molar-refractivity contribution in [2.75, 3.05) is 18.1 Å². The first-order valence-electron chi connectivity index (χ1n) is 14.9. The molecule has 2 N–H and O–H groups in total. The van der Waals surface area contributed by atoms with E-state index in [2.05, 4.69) is 77.1 Å². The number of thioether (sulfide) groups is 1. The Morgan fingerprint density at radius 1 is 0.978 bits per heavy atom. The third-order valence-electron chi connectivity index (χ3n) is 8.14. The van der Waals surface area contributed by atoms with Crippen LogP contribution in [0.4, 0.5) is 0 Å². The lowest BCUT2D eigenvalue weighted by Gasteiger charge is -2.29. The molecule has 1 aromatic heterocycles. The maximum absolute atomic E-state index is 11.6. The van der Waals surface area contributed by atoms with Gasteiger partial charge in [-0.15, -0.1) is 0 Å². The molecule has 0 spiro atoms. The molecule has 1 fully saturated rings. The van der Waals surface area contributed by atoms with E-state index in [1.807, 2.05) is 24.3 Å². The largest absolute Gasteiger partial charge is 0.338 e. The van der Waals surface area contributed by atoms with Crippen molar-refractivity contribution >= 4 is 70.4 Å². The number of hydrogen-bond donors (Lipinski definition) is 2. The highest BCUT2D eigenvalue weighted by Crippen LogP contribution is 2.48. The van der Waals surface area contributed by atoms with Crippen LogP contribution in [0.1, 0.15) is 31.2 Å². The quantitative estimate of drug-likeness (QED) is 0.134. The van der Waals surface area contributed by atoms with Crippen LogP contribution >= 0.6 is 23.1 Å². The zero-order valence-electron chi connectivity index (χ0n) is 24.7. The van der Waals surface area contributed by atoms with Gasteiger partial charge < -0.3 is 4.90 Å². The summed E-state index contributed by atoms with van der Waals surface area (Å²) < 4.78 is 68.3. The molecule has 2 unspecified atom stereocenters. The molecule has 3 aromatic rings. The fraction of sp³-hybridized carbons (Fsp3) is 0.303. The molecule has 0 bridgehead atoms. The van der Waals surface area contributed by atoms with E-state index in [9.17, 15) is 25.9 Å². The number of allylic oxidation sites excluding steroid dienone is 8. The number of rotatable bonds is 11. The van der Waals surface area contributed by atoms with E-state index in [4.69, 9.17) is 0 Å². The lowest BCUT2D eigenvalue weighted by molar-refractivity contribution is -0.667. The highest BCUT2D eigenvalue weighted by atomic mass is 32.2. The molecule has 0 amide bonds. The summed E-state index contributed by atoms with van der Waals surface area (Å²) in [5, 5.41) is 4.27. The summed E-state index contributed by atoms with van der Waals surface area (Å²) >= 11 is 3.38. The van der Waals surface area contributed by atoms with Crippen LogP contribution in [0.2, 0.25) is 0 Å². The molecule has 2 aromatic carbocycles. The van der Waals surface area contributed by atoms with Crippen LogP contribution in [0.25, 0.3) is 27.1 Å². The molecule has 3 aliphatic rings. The van der Waals surface area contributed by atoms with Gasteiger partial charge in [0.15, 0.2) is 6.54 Å². The van der Waals surface area contributed by atoms with E-state index < -0.39 is 20.2 Å². The summed E-state index contributed by atoms with van der Waals surface area (Å²) in [6, 6.07) is 12.3. The van der Waals surface area contributed by atoms with Gasteiger partial charge in [-0.3, -0.25) is 9.11 Å². The Morgan fingerprint density at radius 3 is 2.53 bits per heavy atom. The maximum atomic E-state index is 11.6. The van der Waals surface area contributed by atoms with Crippen molar-refractivity contribution in [3.63, 3.8) is 0 Å². The van der Waals surface area contributed by atoms with Gasteiger partial charge in [-0.05, 0) is 47.6 Å². The average Bonchev–Trinajstić information content (AvgIpc) is 3.53. The van der Waals surface area contributed by atoms with E-state index in [1.54, 1.807) is 23.1 Å². The highest BCUT2D eigenvalue weighted by molar-refractivity contribution is 8.04. The smallest absolute Gasteiger partial charge is 0.265 e. The molecular formula is C33H35N2O6S4+. The zero-order chi connectivity index (χ0) is 31.8. The summed E-state index contributed by atoms with van der Waals surface area (Å²) in [5.41, 5.74) is 4.46. The van der Waals surface area contributed by atoms with E-state index in [0.717, 1.165) is 48.7 Å². The van der Waals surface area contributed by atoms with Gasteiger partial charge in [0.05, 0.1) is 27.2 Å². The van der Waals surface area contributed by atoms with Gasteiger partial charge >= 0.3 is 0 Å². The number of hydrogen-bond acceptors (Lipinski definition) is 7. The minimum atomic E-state index is -4.09. The summed E-state index contributed by atoms with van der Waals surface area (Å²) in [4.78, 5) is 2.21. The number of benzene rings is 2. The first kappa shape index (κ1) is 32.0. The second kappa shape index (κ2) is 13.0. The third kappa shape index (κ3) is 7.21. The van der Waals surface area contributed by atoms with E-state index in [1.165, 1.54) is 5.57 Å². The maximum Gasteiger partial charge on any atom is 0.265 e. The standard InChI is InChI=1S/C33H34N2O6S4/c1-2-23(21-30-34(17-7-19-44(36,37)38)32-26-11-5-3-9-24(26)13-15-28(32)42-30)22-31-35(18-8-20-45(39,40)41)33-27-12-6-4-10-25(27)14-16-29(33)43-31/h3-6,9-16,21-22,24,28H,2,7-8,17-20H2,1H3,(H-,36,37,38,39,40,41)/p+1. The van der Waals surface area contributed by atoms with Crippen LogP contribution in [-0.4, -0.2) is 54.1 Å². The van der Waals surface area contributed by atoms with Gasteiger partial charge in [-0.25, -0.2) is 0 Å². The number of aromatic nitrogens is 1. The van der Waals surface area contributed by atoms with Gasteiger partial charge in [0.2, 0.25) is 5.52 Å². The molecule has 1 aliphatic heterocycles. The minimum Gasteiger partial charge on any atom is -0.338 e. The van der Waals surface area contributed by atoms with Gasteiger partial charge in [-0.1, -0.05) is 90.7 Å². The fourth-order valence-electron chi connectivity index (χ4n) is 6.09. The lowest BCUT2D eigenvalue weighted by atomic mass is 9.87. The molecule has 2 heterocycles. The van der Waals surface area contributed by atoms with E-state index >= 15 is 0 Å². The van der Waals surface area contributed by atoms with Crippen LogP contribution in [0, 0.1) is 5.92 Å². The Bertz CT molecular complexity index is 2050. The van der Waals surface area contributed by atoms with Crippen LogP contribution in [0.15, 0.2) is 101 Å². The van der Waals surface area contributed by atoms with Gasteiger partial charge in [0.25, 0.3) is 25.2 Å². The summed E-state index contributed by atoms with van der Waals surface area (Å²) in [7, 11) is -8.17. The van der Waals surface area contributed by atoms with Crippen molar-refractivity contribution in [1.29, 1.82) is 0 Å². The van der Waals surface area contributed by atoms with Crippen molar-refractivity contribution in [2.45, 2.75) is 38.0 Å². The first-order valence-corrected chi connectivity index (χ1v) is 19.8. The van der Waals surface area contributed by atoms with Gasteiger partial charge in [-0.2, -0.15) is 21.4 Å². The van der Waals surface area contributed by atoms with Crippen LogP contribution < -0.4 is 4.57 Å². The molecule has 45 heavy (non-hydrogen) atoms. The predicted octanol–water partition coefficient (Wildman–Crippen LogP) is 6.52. The molecule has 6 rings (SSSR count). The summed E-state index contributed by atoms with van der Waals surface area (Å²) in [5.74, 6) is -0.455. The number of nitrogens with zero attached hydrogens (tertiary/aromatic N) is 2. The number of aryl methyl sites for hydroxylation is 1. The molecule has 1 saturated heterocycles. The van der Waals surface area contributed by atoms with Crippen molar-refractivity contribution in [3.05, 3.63) is 106 Å². The van der Waals surface area contributed by atoms with Gasteiger partial charge in [0, 0.05) is 30.7 Å². The Kier molecular flexibility index (Phi) is 9.24. The summed E-state index contributed by atoms with van der Waals surface area (Å²) in [6.07, 6.45) is 18.4. The van der Waals surface area contributed by atoms with E-state index in [0.29, 0.717) is 13.1 Å². The molecule has 0 radical (unpaired) electrons. The second-order valence-corrected chi connectivity index (χ2v) is 16.6. The van der Waals surface area contributed by atoms with Crippen molar-refractivity contribution in [3.8, 4) is 0 Å². The molecule has 8 nitrogen and oxygen atoms in total. The normalized spacial score (nSPS) is 21.0. The SMILES string of the molecule is CCC(=Cc1sc2ccc3ccccc3c2[n+]1CCCS(=O)(=O)O)C=C1SC2C=CC3C=CC=CC3=C2N1CCCS(=O)(=O)O. The van der Waals surface area contributed by atoms with Crippen molar-refractivity contribution in [1.82, 2.24) is 4.90 Å². The average molecular weight is 684 g/mol. The zero-order valence-corrected chi connectivity index (χ0v) is 28.0. The molecule has 2 atom stereocenters. The van der Waals surface area contributed by atoms with Crippen molar-refractivity contribution < 1.29 is 30.5 Å².